The molecule has 0 amide bonds. The fourth-order valence-corrected chi connectivity index (χ4v) is 3.62. The van der Waals surface area contributed by atoms with Gasteiger partial charge in [0.15, 0.2) is 0 Å². The summed E-state index contributed by atoms with van der Waals surface area (Å²) in [7, 11) is 0. The quantitative estimate of drug-likeness (QED) is 0.921. The van der Waals surface area contributed by atoms with Gasteiger partial charge in [0.25, 0.3) is 0 Å². The summed E-state index contributed by atoms with van der Waals surface area (Å²) in [5, 5.41) is 2.41. The molecule has 2 heteroatoms. The lowest BCUT2D eigenvalue weighted by Crippen LogP contribution is -2.90. The van der Waals surface area contributed by atoms with Crippen molar-refractivity contribution in [2.45, 2.75) is 38.3 Å². The monoisotopic (exact) mass is 294 g/mol. The van der Waals surface area contributed by atoms with Gasteiger partial charge in [0.1, 0.15) is 17.9 Å². The van der Waals surface area contributed by atoms with E-state index in [9.17, 15) is 4.79 Å². The molecule has 2 N–H and O–H groups in total. The first-order valence-corrected chi connectivity index (χ1v) is 8.27. The van der Waals surface area contributed by atoms with Crippen LogP contribution < -0.4 is 5.32 Å². The minimum atomic E-state index is 0.146. The number of ketones is 1. The molecular formula is C20H24NO+. The third kappa shape index (κ3) is 3.12. The zero-order valence-corrected chi connectivity index (χ0v) is 13.1. The lowest BCUT2D eigenvalue weighted by atomic mass is 9.79. The van der Waals surface area contributed by atoms with Crippen molar-refractivity contribution in [3.05, 3.63) is 71.8 Å². The molecule has 0 aliphatic carbocycles. The maximum absolute atomic E-state index is 12.7. The second kappa shape index (κ2) is 6.89. The number of Topliss-reactive ketones (excluding diaryl/α,β-unsaturated/α-hetero) is 1. The molecule has 2 nitrogen and oxygen atoms in total. The lowest BCUT2D eigenvalue weighted by molar-refractivity contribution is -0.743. The zero-order chi connectivity index (χ0) is 15.4. The van der Waals surface area contributed by atoms with Crippen LogP contribution in [0.25, 0.3) is 0 Å². The highest BCUT2D eigenvalue weighted by atomic mass is 16.1. The first-order chi connectivity index (χ1) is 10.8. The summed E-state index contributed by atoms with van der Waals surface area (Å²) >= 11 is 0. The summed E-state index contributed by atoms with van der Waals surface area (Å²) in [5.74, 6) is 0.569. The third-order valence-corrected chi connectivity index (χ3v) is 4.72. The molecular weight excluding hydrogens is 270 g/mol. The SMILES string of the molecule is CCCC1C(=O)CC(c2ccccc2)[NH2+]C1c1ccccc1. The molecule has 1 heterocycles. The normalized spacial score (nSPS) is 25.1. The molecule has 3 atom stereocenters. The van der Waals surface area contributed by atoms with Crippen LogP contribution in [0.3, 0.4) is 0 Å². The summed E-state index contributed by atoms with van der Waals surface area (Å²) in [6.45, 7) is 2.17. The van der Waals surface area contributed by atoms with Crippen molar-refractivity contribution < 1.29 is 10.1 Å². The van der Waals surface area contributed by atoms with E-state index in [4.69, 9.17) is 0 Å². The highest BCUT2D eigenvalue weighted by Gasteiger charge is 2.40. The highest BCUT2D eigenvalue weighted by Crippen LogP contribution is 2.31. The Bertz CT molecular complexity index is 608. The Morgan fingerprint density at radius 3 is 2.14 bits per heavy atom. The molecule has 3 unspecified atom stereocenters. The van der Waals surface area contributed by atoms with E-state index in [1.807, 2.05) is 12.1 Å². The van der Waals surface area contributed by atoms with Crippen molar-refractivity contribution in [3.63, 3.8) is 0 Å². The van der Waals surface area contributed by atoms with Crippen molar-refractivity contribution >= 4 is 5.78 Å². The van der Waals surface area contributed by atoms with E-state index in [0.29, 0.717) is 12.2 Å². The molecule has 22 heavy (non-hydrogen) atoms. The molecule has 1 saturated heterocycles. The van der Waals surface area contributed by atoms with Crippen molar-refractivity contribution in [1.82, 2.24) is 0 Å². The van der Waals surface area contributed by atoms with E-state index in [0.717, 1.165) is 12.8 Å². The van der Waals surface area contributed by atoms with E-state index in [1.54, 1.807) is 0 Å². The first kappa shape index (κ1) is 15.0. The maximum Gasteiger partial charge on any atom is 0.148 e. The Hall–Kier alpha value is -1.93. The number of quaternary nitrogens is 1. The summed E-state index contributed by atoms with van der Waals surface area (Å²) in [4.78, 5) is 12.7. The topological polar surface area (TPSA) is 33.7 Å². The lowest BCUT2D eigenvalue weighted by Gasteiger charge is -2.33. The minimum Gasteiger partial charge on any atom is -0.333 e. The average Bonchev–Trinajstić information content (AvgIpc) is 2.58. The fraction of sp³-hybridized carbons (Fsp3) is 0.350. The number of carbonyl (C=O) groups is 1. The number of carbonyl (C=O) groups excluding carboxylic acids is 1. The van der Waals surface area contributed by atoms with Gasteiger partial charge in [-0.05, 0) is 6.42 Å². The predicted octanol–water partition coefficient (Wildman–Crippen LogP) is 3.42. The van der Waals surface area contributed by atoms with Gasteiger partial charge in [0, 0.05) is 11.1 Å². The second-order valence-corrected chi connectivity index (χ2v) is 6.21. The van der Waals surface area contributed by atoms with Crippen molar-refractivity contribution in [3.8, 4) is 0 Å². The van der Waals surface area contributed by atoms with Gasteiger partial charge in [-0.15, -0.1) is 0 Å². The number of benzene rings is 2. The molecule has 0 spiro atoms. The van der Waals surface area contributed by atoms with Gasteiger partial charge >= 0.3 is 0 Å². The molecule has 0 aromatic heterocycles. The molecule has 114 valence electrons. The Balaban J connectivity index is 1.90. The number of hydrogen-bond donors (Lipinski definition) is 1. The number of rotatable bonds is 4. The van der Waals surface area contributed by atoms with Crippen molar-refractivity contribution in [1.29, 1.82) is 0 Å². The fourth-order valence-electron chi connectivity index (χ4n) is 3.62. The summed E-state index contributed by atoms with van der Waals surface area (Å²) in [6.07, 6.45) is 2.69. The molecule has 2 aromatic rings. The molecule has 1 aliphatic heterocycles. The second-order valence-electron chi connectivity index (χ2n) is 6.21. The molecule has 1 fully saturated rings. The van der Waals surface area contributed by atoms with Crippen LogP contribution in [0, 0.1) is 5.92 Å². The Kier molecular flexibility index (Phi) is 4.69. The van der Waals surface area contributed by atoms with Gasteiger partial charge in [0.05, 0.1) is 12.3 Å². The summed E-state index contributed by atoms with van der Waals surface area (Å²) in [5.41, 5.74) is 2.53. The Morgan fingerprint density at radius 1 is 0.955 bits per heavy atom. The van der Waals surface area contributed by atoms with E-state index < -0.39 is 0 Å². The zero-order valence-electron chi connectivity index (χ0n) is 13.1. The largest absolute Gasteiger partial charge is 0.333 e. The smallest absolute Gasteiger partial charge is 0.148 e. The van der Waals surface area contributed by atoms with Gasteiger partial charge in [0.2, 0.25) is 0 Å². The van der Waals surface area contributed by atoms with E-state index >= 15 is 0 Å². The van der Waals surface area contributed by atoms with Gasteiger partial charge in [-0.3, -0.25) is 4.79 Å². The summed E-state index contributed by atoms with van der Waals surface area (Å²) < 4.78 is 0. The van der Waals surface area contributed by atoms with Crippen LogP contribution in [0.2, 0.25) is 0 Å². The van der Waals surface area contributed by atoms with Gasteiger partial charge in [-0.2, -0.15) is 0 Å². The van der Waals surface area contributed by atoms with Gasteiger partial charge in [-0.1, -0.05) is 74.0 Å². The van der Waals surface area contributed by atoms with Crippen LogP contribution >= 0.6 is 0 Å². The maximum atomic E-state index is 12.7. The number of piperidine rings is 1. The van der Waals surface area contributed by atoms with Crippen molar-refractivity contribution in [2.24, 2.45) is 5.92 Å². The predicted molar refractivity (Wildman–Crippen MR) is 88.3 cm³/mol. The molecule has 3 rings (SSSR count). The van der Waals surface area contributed by atoms with Crippen LogP contribution in [0.1, 0.15) is 49.4 Å². The van der Waals surface area contributed by atoms with Crippen LogP contribution in [-0.2, 0) is 4.79 Å². The molecule has 1 aliphatic rings. The number of nitrogens with two attached hydrogens (primary N) is 1. The number of hydrogen-bond acceptors (Lipinski definition) is 1. The first-order valence-electron chi connectivity index (χ1n) is 8.27. The van der Waals surface area contributed by atoms with Gasteiger partial charge in [-0.25, -0.2) is 0 Å². The van der Waals surface area contributed by atoms with Crippen molar-refractivity contribution in [2.75, 3.05) is 0 Å². The van der Waals surface area contributed by atoms with E-state index in [-0.39, 0.29) is 18.0 Å². The van der Waals surface area contributed by atoms with Crippen LogP contribution in [-0.4, -0.2) is 5.78 Å². The Labute approximate surface area is 132 Å². The van der Waals surface area contributed by atoms with Gasteiger partial charge < -0.3 is 5.32 Å². The van der Waals surface area contributed by atoms with Crippen LogP contribution in [0.4, 0.5) is 0 Å². The third-order valence-electron chi connectivity index (χ3n) is 4.72. The minimum absolute atomic E-state index is 0.146. The van der Waals surface area contributed by atoms with Crippen LogP contribution in [0.5, 0.6) is 0 Å². The molecule has 0 saturated carbocycles. The standard InChI is InChI=1S/C20H23NO/c1-2-9-17-19(22)14-18(15-10-5-3-6-11-15)21-20(17)16-12-7-4-8-13-16/h3-8,10-13,17-18,20-21H,2,9,14H2,1H3/p+1. The van der Waals surface area contributed by atoms with Crippen LogP contribution in [0.15, 0.2) is 60.7 Å². The molecule has 2 aromatic carbocycles. The van der Waals surface area contributed by atoms with E-state index in [2.05, 4.69) is 60.8 Å². The highest BCUT2D eigenvalue weighted by molar-refractivity contribution is 5.82. The summed E-state index contributed by atoms with van der Waals surface area (Å²) in [6, 6.07) is 21.4. The Morgan fingerprint density at radius 2 is 1.55 bits per heavy atom. The van der Waals surface area contributed by atoms with E-state index in [1.165, 1.54) is 11.1 Å². The molecule has 0 radical (unpaired) electrons. The molecule has 0 bridgehead atoms. The average molecular weight is 294 g/mol.